The van der Waals surface area contributed by atoms with Gasteiger partial charge in [0, 0.05) is 5.56 Å². The molecule has 0 fully saturated rings. The van der Waals surface area contributed by atoms with Crippen LogP contribution in [0, 0.1) is 0 Å². The summed E-state index contributed by atoms with van der Waals surface area (Å²) in [6, 6.07) is 3.72. The Balaban J connectivity index is 2.98. The number of nitrogens with two attached hydrogens (primary N) is 1. The number of hydrogen-bond donors (Lipinski definition) is 4. The van der Waals surface area contributed by atoms with Gasteiger partial charge < -0.3 is 21.1 Å². The van der Waals surface area contributed by atoms with E-state index in [9.17, 15) is 19.8 Å². The number of primary amides is 1. The molecule has 92 valence electrons. The van der Waals surface area contributed by atoms with E-state index in [0.29, 0.717) is 6.29 Å². The molecule has 0 aliphatic carbocycles. The molecular weight excluding hydrogens is 226 g/mol. The lowest BCUT2D eigenvalue weighted by atomic mass is 9.97. The summed E-state index contributed by atoms with van der Waals surface area (Å²) in [7, 11) is 0. The highest BCUT2D eigenvalue weighted by Gasteiger charge is 2.22. The highest BCUT2D eigenvalue weighted by Crippen LogP contribution is 2.24. The van der Waals surface area contributed by atoms with Crippen LogP contribution in [0.15, 0.2) is 18.2 Å². The van der Waals surface area contributed by atoms with E-state index in [1.54, 1.807) is 0 Å². The second kappa shape index (κ2) is 5.42. The Hall–Kier alpha value is -1.92. The zero-order valence-electron chi connectivity index (χ0n) is 8.91. The number of rotatable bonds is 5. The van der Waals surface area contributed by atoms with Crippen molar-refractivity contribution in [1.82, 2.24) is 0 Å². The Morgan fingerprint density at radius 2 is 2.06 bits per heavy atom. The highest BCUT2D eigenvalue weighted by molar-refractivity contribution is 5.78. The van der Waals surface area contributed by atoms with Crippen LogP contribution in [-0.4, -0.2) is 33.6 Å². The fraction of sp³-hybridized carbons (Fsp3) is 0.273. The summed E-state index contributed by atoms with van der Waals surface area (Å²) in [5, 5.41) is 28.4. The normalized spacial score (nSPS) is 14.0. The van der Waals surface area contributed by atoms with Crippen LogP contribution in [0.5, 0.6) is 5.75 Å². The fourth-order valence-corrected chi connectivity index (χ4v) is 1.46. The molecule has 1 aromatic carbocycles. The molecule has 0 heterocycles. The van der Waals surface area contributed by atoms with Crippen LogP contribution in [0.3, 0.4) is 0 Å². The van der Waals surface area contributed by atoms with Crippen LogP contribution in [0.1, 0.15) is 28.4 Å². The number of carbonyl (C=O) groups is 2. The smallest absolute Gasteiger partial charge is 0.220 e. The Bertz CT molecular complexity index is 432. The first-order valence-corrected chi connectivity index (χ1v) is 4.88. The van der Waals surface area contributed by atoms with Gasteiger partial charge in [-0.2, -0.15) is 0 Å². The van der Waals surface area contributed by atoms with Gasteiger partial charge in [-0.05, 0) is 17.7 Å². The Morgan fingerprint density at radius 3 is 2.59 bits per heavy atom. The van der Waals surface area contributed by atoms with E-state index >= 15 is 0 Å². The van der Waals surface area contributed by atoms with Crippen LogP contribution in [0.2, 0.25) is 0 Å². The molecule has 0 aromatic heterocycles. The lowest BCUT2D eigenvalue weighted by Gasteiger charge is -2.18. The molecule has 17 heavy (non-hydrogen) atoms. The molecule has 1 rings (SSSR count). The predicted molar refractivity (Wildman–Crippen MR) is 58.3 cm³/mol. The van der Waals surface area contributed by atoms with E-state index in [-0.39, 0.29) is 16.9 Å². The van der Waals surface area contributed by atoms with Gasteiger partial charge in [-0.15, -0.1) is 0 Å². The summed E-state index contributed by atoms with van der Waals surface area (Å²) >= 11 is 0. The van der Waals surface area contributed by atoms with E-state index in [0.717, 1.165) is 6.07 Å². The molecule has 1 aromatic rings. The van der Waals surface area contributed by atoms with Gasteiger partial charge in [-0.3, -0.25) is 9.59 Å². The minimum absolute atomic E-state index is 0.0426. The van der Waals surface area contributed by atoms with Gasteiger partial charge in [-0.1, -0.05) is 6.07 Å². The number of amides is 1. The predicted octanol–water partition coefficient (Wildman–Crippen LogP) is -0.526. The van der Waals surface area contributed by atoms with Gasteiger partial charge in [0.25, 0.3) is 0 Å². The second-order valence-corrected chi connectivity index (χ2v) is 3.61. The molecule has 5 N–H and O–H groups in total. The molecule has 0 bridgehead atoms. The van der Waals surface area contributed by atoms with Crippen LogP contribution >= 0.6 is 0 Å². The monoisotopic (exact) mass is 239 g/mol. The van der Waals surface area contributed by atoms with Crippen molar-refractivity contribution in [2.75, 3.05) is 0 Å². The van der Waals surface area contributed by atoms with Gasteiger partial charge in [0.1, 0.15) is 11.9 Å². The van der Waals surface area contributed by atoms with E-state index < -0.39 is 24.5 Å². The van der Waals surface area contributed by atoms with Crippen molar-refractivity contribution in [2.24, 2.45) is 5.73 Å². The van der Waals surface area contributed by atoms with Crippen molar-refractivity contribution in [3.8, 4) is 5.75 Å². The summed E-state index contributed by atoms with van der Waals surface area (Å²) < 4.78 is 0. The van der Waals surface area contributed by atoms with Gasteiger partial charge in [-0.25, -0.2) is 0 Å². The second-order valence-electron chi connectivity index (χ2n) is 3.61. The SMILES string of the molecule is NC(=O)CC(O)C(O)c1ccc(O)cc1C=O. The summed E-state index contributed by atoms with van der Waals surface area (Å²) in [5.41, 5.74) is 5.06. The summed E-state index contributed by atoms with van der Waals surface area (Å²) in [4.78, 5) is 21.3. The number of aliphatic hydroxyl groups is 2. The average molecular weight is 239 g/mol. The maximum atomic E-state index is 10.7. The molecule has 6 nitrogen and oxygen atoms in total. The minimum atomic E-state index is -1.41. The zero-order chi connectivity index (χ0) is 13.0. The third-order valence-corrected chi connectivity index (χ3v) is 2.29. The first-order valence-electron chi connectivity index (χ1n) is 4.88. The fourth-order valence-electron chi connectivity index (χ4n) is 1.46. The molecular formula is C11H13NO5. The molecule has 2 atom stereocenters. The summed E-state index contributed by atoms with van der Waals surface area (Å²) in [6.45, 7) is 0. The molecule has 1 amide bonds. The third-order valence-electron chi connectivity index (χ3n) is 2.29. The Labute approximate surface area is 97.3 Å². The number of benzene rings is 1. The number of hydrogen-bond acceptors (Lipinski definition) is 5. The zero-order valence-corrected chi connectivity index (χ0v) is 8.91. The van der Waals surface area contributed by atoms with Crippen molar-refractivity contribution >= 4 is 12.2 Å². The average Bonchev–Trinajstić information content (AvgIpc) is 2.27. The van der Waals surface area contributed by atoms with Crippen LogP contribution in [0.25, 0.3) is 0 Å². The van der Waals surface area contributed by atoms with Crippen LogP contribution < -0.4 is 5.73 Å². The summed E-state index contributed by atoms with van der Waals surface area (Å²) in [6.07, 6.45) is -2.78. The maximum Gasteiger partial charge on any atom is 0.220 e. The van der Waals surface area contributed by atoms with Gasteiger partial charge in [0.15, 0.2) is 6.29 Å². The van der Waals surface area contributed by atoms with E-state index in [4.69, 9.17) is 10.8 Å². The molecule has 2 unspecified atom stereocenters. The summed E-state index contributed by atoms with van der Waals surface area (Å²) in [5.74, 6) is -0.893. The first kappa shape index (κ1) is 13.1. The van der Waals surface area contributed by atoms with E-state index in [1.807, 2.05) is 0 Å². The molecule has 0 aliphatic heterocycles. The van der Waals surface area contributed by atoms with Crippen molar-refractivity contribution in [3.63, 3.8) is 0 Å². The maximum absolute atomic E-state index is 10.7. The minimum Gasteiger partial charge on any atom is -0.508 e. The lowest BCUT2D eigenvalue weighted by molar-refractivity contribution is -0.121. The van der Waals surface area contributed by atoms with Crippen molar-refractivity contribution in [2.45, 2.75) is 18.6 Å². The van der Waals surface area contributed by atoms with Crippen molar-refractivity contribution in [1.29, 1.82) is 0 Å². The highest BCUT2D eigenvalue weighted by atomic mass is 16.3. The Kier molecular flexibility index (Phi) is 4.19. The number of aromatic hydroxyl groups is 1. The van der Waals surface area contributed by atoms with Crippen molar-refractivity contribution < 1.29 is 24.9 Å². The lowest BCUT2D eigenvalue weighted by Crippen LogP contribution is -2.26. The van der Waals surface area contributed by atoms with E-state index in [1.165, 1.54) is 12.1 Å². The molecule has 0 radical (unpaired) electrons. The largest absolute Gasteiger partial charge is 0.508 e. The number of carbonyl (C=O) groups excluding carboxylic acids is 2. The molecule has 0 aliphatic rings. The molecule has 0 saturated heterocycles. The van der Waals surface area contributed by atoms with Crippen molar-refractivity contribution in [3.05, 3.63) is 29.3 Å². The van der Waals surface area contributed by atoms with Gasteiger partial charge >= 0.3 is 0 Å². The standard InChI is InChI=1S/C11H13NO5/c12-10(16)4-9(15)11(17)8-2-1-7(14)3-6(8)5-13/h1-3,5,9,11,14-15,17H,4H2,(H2,12,16). The quantitative estimate of drug-likeness (QED) is 0.515. The number of phenolic OH excluding ortho intramolecular Hbond substituents is 1. The first-order chi connectivity index (χ1) is 7.95. The molecule has 6 heteroatoms. The molecule has 0 spiro atoms. The van der Waals surface area contributed by atoms with Gasteiger partial charge in [0.2, 0.25) is 5.91 Å². The van der Waals surface area contributed by atoms with Crippen LogP contribution in [0.4, 0.5) is 0 Å². The van der Waals surface area contributed by atoms with E-state index in [2.05, 4.69) is 0 Å². The third kappa shape index (κ3) is 3.27. The van der Waals surface area contributed by atoms with Crippen LogP contribution in [-0.2, 0) is 4.79 Å². The number of aldehydes is 1. The topological polar surface area (TPSA) is 121 Å². The van der Waals surface area contributed by atoms with Gasteiger partial charge in [0.05, 0.1) is 12.5 Å². The number of phenols is 1. The Morgan fingerprint density at radius 1 is 1.41 bits per heavy atom. The number of aliphatic hydroxyl groups excluding tert-OH is 2. The molecule has 0 saturated carbocycles.